The normalized spacial score (nSPS) is 22.1. The fraction of sp³-hybridized carbons (Fsp3) is 0.571. The molecule has 12 heteroatoms. The smallest absolute Gasteiger partial charge is 0.423 e. The van der Waals surface area contributed by atoms with Gasteiger partial charge in [0.1, 0.15) is 0 Å². The first-order chi connectivity index (χ1) is 15.5. The molecule has 180 valence electrons. The van der Waals surface area contributed by atoms with Gasteiger partial charge >= 0.3 is 7.12 Å². The lowest BCUT2D eigenvalue weighted by Crippen LogP contribution is -2.45. The Morgan fingerprint density at radius 2 is 2.09 bits per heavy atom. The average Bonchev–Trinajstić information content (AvgIpc) is 3.25. The van der Waals surface area contributed by atoms with Crippen LogP contribution in [0.2, 0.25) is 0 Å². The Morgan fingerprint density at radius 1 is 1.36 bits per heavy atom. The molecule has 33 heavy (non-hydrogen) atoms. The monoisotopic (exact) mass is 460 g/mol. The van der Waals surface area contributed by atoms with Crippen molar-refractivity contribution in [1.29, 1.82) is 0 Å². The zero-order valence-electron chi connectivity index (χ0n) is 19.0. The SMILES string of the molecule is CC1(C)OB(O)c2cc(NC(=O)CNC(=O)C(N)CCC(=O)N3CC(N)CC3CN)ccc21. The van der Waals surface area contributed by atoms with Crippen LogP contribution in [0.3, 0.4) is 0 Å². The molecular weight excluding hydrogens is 427 g/mol. The van der Waals surface area contributed by atoms with E-state index in [1.54, 1.807) is 23.1 Å². The third-order valence-corrected chi connectivity index (χ3v) is 6.12. The van der Waals surface area contributed by atoms with Crippen LogP contribution in [0.5, 0.6) is 0 Å². The fourth-order valence-corrected chi connectivity index (χ4v) is 4.34. The number of likely N-dealkylation sites (tertiary alicyclic amines) is 1. The predicted molar refractivity (Wildman–Crippen MR) is 124 cm³/mol. The number of hydrogen-bond donors (Lipinski definition) is 6. The van der Waals surface area contributed by atoms with Crippen molar-refractivity contribution in [1.82, 2.24) is 10.2 Å². The van der Waals surface area contributed by atoms with Gasteiger partial charge in [-0.15, -0.1) is 0 Å². The maximum absolute atomic E-state index is 12.4. The summed E-state index contributed by atoms with van der Waals surface area (Å²) in [5.41, 5.74) is 18.8. The maximum atomic E-state index is 12.4. The molecule has 1 saturated heterocycles. The summed E-state index contributed by atoms with van der Waals surface area (Å²) in [7, 11) is -1.07. The van der Waals surface area contributed by atoms with E-state index >= 15 is 0 Å². The lowest BCUT2D eigenvalue weighted by molar-refractivity contribution is -0.132. The molecule has 11 nitrogen and oxygen atoms in total. The highest BCUT2D eigenvalue weighted by atomic mass is 16.5. The van der Waals surface area contributed by atoms with E-state index in [-0.39, 0.29) is 37.4 Å². The van der Waals surface area contributed by atoms with Gasteiger partial charge in [-0.1, -0.05) is 6.07 Å². The second-order valence-corrected chi connectivity index (χ2v) is 9.13. The van der Waals surface area contributed by atoms with Gasteiger partial charge in [0.2, 0.25) is 17.7 Å². The van der Waals surface area contributed by atoms with Gasteiger partial charge in [-0.3, -0.25) is 14.4 Å². The van der Waals surface area contributed by atoms with E-state index in [1.165, 1.54) is 0 Å². The highest BCUT2D eigenvalue weighted by Crippen LogP contribution is 2.30. The molecule has 2 heterocycles. The van der Waals surface area contributed by atoms with Crippen molar-refractivity contribution in [2.45, 2.75) is 56.8 Å². The second kappa shape index (κ2) is 10.2. The minimum atomic E-state index is -1.07. The Bertz CT molecular complexity index is 913. The molecule has 0 spiro atoms. The third-order valence-electron chi connectivity index (χ3n) is 6.12. The van der Waals surface area contributed by atoms with Gasteiger partial charge in [0.15, 0.2) is 0 Å². The number of anilines is 1. The van der Waals surface area contributed by atoms with E-state index in [2.05, 4.69) is 10.6 Å². The van der Waals surface area contributed by atoms with E-state index in [9.17, 15) is 19.4 Å². The highest BCUT2D eigenvalue weighted by Gasteiger charge is 2.40. The number of rotatable bonds is 8. The summed E-state index contributed by atoms with van der Waals surface area (Å²) < 4.78 is 5.51. The molecule has 3 atom stereocenters. The zero-order chi connectivity index (χ0) is 24.3. The number of carbonyl (C=O) groups is 3. The summed E-state index contributed by atoms with van der Waals surface area (Å²) in [6, 6.07) is 4.03. The molecule has 0 aromatic heterocycles. The first kappa shape index (κ1) is 25.1. The molecule has 0 aliphatic carbocycles. The summed E-state index contributed by atoms with van der Waals surface area (Å²) >= 11 is 0. The van der Waals surface area contributed by atoms with E-state index in [0.717, 1.165) is 5.56 Å². The lowest BCUT2D eigenvalue weighted by Gasteiger charge is -2.23. The summed E-state index contributed by atoms with van der Waals surface area (Å²) in [5, 5.41) is 15.2. The number of benzene rings is 1. The number of carbonyl (C=O) groups excluding carboxylic acids is 3. The second-order valence-electron chi connectivity index (χ2n) is 9.13. The fourth-order valence-electron chi connectivity index (χ4n) is 4.34. The van der Waals surface area contributed by atoms with E-state index in [4.69, 9.17) is 21.9 Å². The van der Waals surface area contributed by atoms with Gasteiger partial charge in [-0.05, 0) is 49.8 Å². The van der Waals surface area contributed by atoms with Gasteiger partial charge in [0.05, 0.1) is 18.2 Å². The molecule has 0 bridgehead atoms. The molecule has 3 amide bonds. The van der Waals surface area contributed by atoms with E-state index in [1.807, 2.05) is 13.8 Å². The zero-order valence-corrected chi connectivity index (χ0v) is 19.0. The Labute approximate surface area is 193 Å². The highest BCUT2D eigenvalue weighted by molar-refractivity contribution is 6.62. The van der Waals surface area contributed by atoms with Crippen molar-refractivity contribution < 1.29 is 24.1 Å². The first-order valence-electron chi connectivity index (χ1n) is 11.1. The van der Waals surface area contributed by atoms with Gasteiger partial charge in [0, 0.05) is 37.3 Å². The quantitative estimate of drug-likeness (QED) is 0.234. The van der Waals surface area contributed by atoms with Crippen molar-refractivity contribution in [3.8, 4) is 0 Å². The molecule has 1 fully saturated rings. The van der Waals surface area contributed by atoms with E-state index < -0.39 is 30.6 Å². The summed E-state index contributed by atoms with van der Waals surface area (Å²) in [4.78, 5) is 38.6. The van der Waals surface area contributed by atoms with Crippen LogP contribution in [-0.2, 0) is 24.6 Å². The first-order valence-corrected chi connectivity index (χ1v) is 11.1. The maximum Gasteiger partial charge on any atom is 0.492 e. The molecule has 1 aromatic carbocycles. The van der Waals surface area contributed by atoms with Gasteiger partial charge in [0.25, 0.3) is 0 Å². The Hall–Kier alpha value is -2.51. The molecule has 1 aromatic rings. The van der Waals surface area contributed by atoms with Crippen LogP contribution < -0.4 is 33.3 Å². The van der Waals surface area contributed by atoms with Crippen molar-refractivity contribution in [3.05, 3.63) is 23.8 Å². The number of fused-ring (bicyclic) bond motifs is 1. The van der Waals surface area contributed by atoms with Crippen LogP contribution in [-0.4, -0.2) is 72.5 Å². The largest absolute Gasteiger partial charge is 0.492 e. The minimum Gasteiger partial charge on any atom is -0.423 e. The van der Waals surface area contributed by atoms with E-state index in [0.29, 0.717) is 30.7 Å². The average molecular weight is 460 g/mol. The Morgan fingerprint density at radius 3 is 2.79 bits per heavy atom. The molecule has 3 rings (SSSR count). The van der Waals surface area contributed by atoms with Crippen LogP contribution in [0.15, 0.2) is 18.2 Å². The minimum absolute atomic E-state index is 0.0841. The van der Waals surface area contributed by atoms with Crippen LogP contribution in [0.4, 0.5) is 5.69 Å². The topological polar surface area (TPSA) is 186 Å². The van der Waals surface area contributed by atoms with Gasteiger partial charge in [-0.25, -0.2) is 0 Å². The molecule has 0 radical (unpaired) electrons. The van der Waals surface area contributed by atoms with Crippen molar-refractivity contribution in [3.63, 3.8) is 0 Å². The van der Waals surface area contributed by atoms with Gasteiger partial charge < -0.3 is 42.4 Å². The summed E-state index contributed by atoms with van der Waals surface area (Å²) in [6.07, 6.45) is 0.908. The van der Waals surface area contributed by atoms with Crippen molar-refractivity contribution in [2.75, 3.05) is 25.0 Å². The van der Waals surface area contributed by atoms with Crippen LogP contribution in [0, 0.1) is 0 Å². The predicted octanol–water partition coefficient (Wildman–Crippen LogP) is -2.31. The van der Waals surface area contributed by atoms with Crippen LogP contribution in [0.25, 0.3) is 0 Å². The Kier molecular flexibility index (Phi) is 7.75. The lowest BCUT2D eigenvalue weighted by atomic mass is 9.78. The van der Waals surface area contributed by atoms with Crippen molar-refractivity contribution >= 4 is 36.0 Å². The van der Waals surface area contributed by atoms with Crippen LogP contribution in [0.1, 0.15) is 38.7 Å². The standard InChI is InChI=1S/C21H33BN6O5/c1-21(2)15-4-3-13(8-16(15)22(32)33-21)27-18(29)10-26-20(31)17(25)5-6-19(30)28-11-12(24)7-14(28)9-23/h3-4,8,12,14,17,32H,5-7,9-11,23-25H2,1-2H3,(H,26,31)(H,27,29). The number of nitrogens with two attached hydrogens (primary N) is 3. The Balaban J connectivity index is 1.43. The molecule has 9 N–H and O–H groups in total. The third kappa shape index (κ3) is 5.90. The number of nitrogens with one attached hydrogen (secondary N) is 2. The molecule has 0 saturated carbocycles. The molecular formula is C21H33BN6O5. The summed E-state index contributed by atoms with van der Waals surface area (Å²) in [5.74, 6) is -1.10. The van der Waals surface area contributed by atoms with Gasteiger partial charge in [-0.2, -0.15) is 0 Å². The molecule has 3 unspecified atom stereocenters. The molecule has 2 aliphatic heterocycles. The van der Waals surface area contributed by atoms with Crippen LogP contribution >= 0.6 is 0 Å². The number of amides is 3. The summed E-state index contributed by atoms with van der Waals surface area (Å²) in [6.45, 7) is 4.21. The molecule has 2 aliphatic rings. The van der Waals surface area contributed by atoms with Crippen molar-refractivity contribution in [2.24, 2.45) is 17.2 Å². The number of hydrogen-bond acceptors (Lipinski definition) is 8. The number of nitrogens with zero attached hydrogens (tertiary/aromatic N) is 1.